The molecule has 0 aromatic heterocycles. The van der Waals surface area contributed by atoms with E-state index in [2.05, 4.69) is 5.32 Å². The van der Waals surface area contributed by atoms with Crippen molar-refractivity contribution >= 4 is 21.9 Å². The Morgan fingerprint density at radius 1 is 1.28 bits per heavy atom. The van der Waals surface area contributed by atoms with Gasteiger partial charge in [-0.3, -0.25) is 9.59 Å². The molecule has 1 aliphatic carbocycles. The van der Waals surface area contributed by atoms with Crippen LogP contribution in [0.15, 0.2) is 29.2 Å². The summed E-state index contributed by atoms with van der Waals surface area (Å²) in [5, 5.41) is 11.7. The molecular formula is C16H22N2O6S. The molecular weight excluding hydrogens is 348 g/mol. The molecule has 2 N–H and O–H groups in total. The molecule has 0 spiro atoms. The monoisotopic (exact) mass is 370 g/mol. The van der Waals surface area contributed by atoms with Gasteiger partial charge >= 0.3 is 5.97 Å². The third kappa shape index (κ3) is 5.71. The zero-order valence-corrected chi connectivity index (χ0v) is 14.8. The molecule has 1 saturated carbocycles. The van der Waals surface area contributed by atoms with Crippen LogP contribution in [-0.4, -0.2) is 55.4 Å². The minimum absolute atomic E-state index is 0.0167. The highest BCUT2D eigenvalue weighted by atomic mass is 32.2. The lowest BCUT2D eigenvalue weighted by Crippen LogP contribution is -2.36. The lowest BCUT2D eigenvalue weighted by Gasteiger charge is -2.19. The number of amides is 1. The summed E-state index contributed by atoms with van der Waals surface area (Å²) in [7, 11) is -3.90. The normalized spacial score (nSPS) is 14.3. The van der Waals surface area contributed by atoms with Gasteiger partial charge in [-0.15, -0.1) is 0 Å². The highest BCUT2D eigenvalue weighted by Gasteiger charge is 2.26. The van der Waals surface area contributed by atoms with Crippen LogP contribution in [-0.2, 0) is 19.6 Å². The maximum atomic E-state index is 12.5. The zero-order valence-electron chi connectivity index (χ0n) is 14.0. The van der Waals surface area contributed by atoms with Crippen LogP contribution in [0, 0.1) is 0 Å². The molecule has 2 rings (SSSR count). The van der Waals surface area contributed by atoms with E-state index < -0.39 is 22.5 Å². The van der Waals surface area contributed by atoms with Gasteiger partial charge in [0, 0.05) is 12.6 Å². The molecule has 8 nitrogen and oxygen atoms in total. The van der Waals surface area contributed by atoms with Gasteiger partial charge in [0.25, 0.3) is 5.91 Å². The summed E-state index contributed by atoms with van der Waals surface area (Å²) in [5.41, 5.74) is 0. The van der Waals surface area contributed by atoms with Gasteiger partial charge in [0.2, 0.25) is 10.0 Å². The second kappa shape index (κ2) is 8.30. The Kier molecular flexibility index (Phi) is 6.38. The summed E-state index contributed by atoms with van der Waals surface area (Å²) in [6.45, 7) is 1.17. The van der Waals surface area contributed by atoms with Crippen LogP contribution in [0.4, 0.5) is 0 Å². The number of nitrogens with one attached hydrogen (secondary N) is 1. The first-order valence-electron chi connectivity index (χ1n) is 8.07. The maximum absolute atomic E-state index is 12.5. The fourth-order valence-corrected chi connectivity index (χ4v) is 3.67. The Morgan fingerprint density at radius 3 is 2.44 bits per heavy atom. The maximum Gasteiger partial charge on any atom is 0.318 e. The van der Waals surface area contributed by atoms with E-state index in [4.69, 9.17) is 9.84 Å². The van der Waals surface area contributed by atoms with Crippen molar-refractivity contribution in [3.8, 4) is 5.75 Å². The number of carboxylic acid groups (broad SMARTS) is 1. The molecule has 0 bridgehead atoms. The number of carboxylic acids is 1. The summed E-state index contributed by atoms with van der Waals surface area (Å²) in [5.74, 6) is -1.06. The molecule has 0 saturated heterocycles. The standard InChI is InChI=1S/C16H22N2O6S/c1-2-9-18(10-16(20)21)25(22,23)14-7-5-13(6-8-14)24-11-15(19)17-12-3-4-12/h5-8,12H,2-4,9-11H2,1H3,(H,17,19)(H,20,21). The van der Waals surface area contributed by atoms with E-state index in [9.17, 15) is 18.0 Å². The topological polar surface area (TPSA) is 113 Å². The minimum Gasteiger partial charge on any atom is -0.484 e. The molecule has 0 atom stereocenters. The van der Waals surface area contributed by atoms with E-state index in [1.54, 1.807) is 6.92 Å². The molecule has 1 fully saturated rings. The summed E-state index contributed by atoms with van der Waals surface area (Å²) in [6, 6.07) is 5.83. The SMILES string of the molecule is CCCN(CC(=O)O)S(=O)(=O)c1ccc(OCC(=O)NC2CC2)cc1. The van der Waals surface area contributed by atoms with Gasteiger partial charge < -0.3 is 15.2 Å². The van der Waals surface area contributed by atoms with E-state index in [1.807, 2.05) is 0 Å². The zero-order chi connectivity index (χ0) is 18.4. The quantitative estimate of drug-likeness (QED) is 0.631. The summed E-state index contributed by atoms with van der Waals surface area (Å²) in [6.07, 6.45) is 2.48. The summed E-state index contributed by atoms with van der Waals surface area (Å²) >= 11 is 0. The van der Waals surface area contributed by atoms with Crippen molar-refractivity contribution in [1.29, 1.82) is 0 Å². The van der Waals surface area contributed by atoms with E-state index >= 15 is 0 Å². The molecule has 1 aromatic carbocycles. The van der Waals surface area contributed by atoms with E-state index in [0.29, 0.717) is 12.2 Å². The van der Waals surface area contributed by atoms with Crippen LogP contribution >= 0.6 is 0 Å². The van der Waals surface area contributed by atoms with Crippen LogP contribution in [0.5, 0.6) is 5.75 Å². The number of aliphatic carboxylic acids is 1. The number of sulfonamides is 1. The number of rotatable bonds is 10. The van der Waals surface area contributed by atoms with Crippen molar-refractivity contribution in [2.45, 2.75) is 37.1 Å². The van der Waals surface area contributed by atoms with Gasteiger partial charge in [-0.05, 0) is 43.5 Å². The molecule has 9 heteroatoms. The Labute approximate surface area is 146 Å². The van der Waals surface area contributed by atoms with Crippen molar-refractivity contribution in [2.75, 3.05) is 19.7 Å². The van der Waals surface area contributed by atoms with Crippen molar-refractivity contribution in [3.63, 3.8) is 0 Å². The summed E-state index contributed by atoms with van der Waals surface area (Å²) < 4.78 is 31.3. The highest BCUT2D eigenvalue weighted by molar-refractivity contribution is 7.89. The van der Waals surface area contributed by atoms with Gasteiger partial charge in [0.05, 0.1) is 4.90 Å². The molecule has 1 aliphatic rings. The van der Waals surface area contributed by atoms with E-state index in [0.717, 1.165) is 17.1 Å². The second-order valence-electron chi connectivity index (χ2n) is 5.83. The Balaban J connectivity index is 2.00. The number of ether oxygens (including phenoxy) is 1. The number of nitrogens with zero attached hydrogens (tertiary/aromatic N) is 1. The van der Waals surface area contributed by atoms with Gasteiger partial charge in [-0.25, -0.2) is 8.42 Å². The first kappa shape index (κ1) is 19.2. The van der Waals surface area contributed by atoms with E-state index in [1.165, 1.54) is 24.3 Å². The second-order valence-corrected chi connectivity index (χ2v) is 7.77. The smallest absolute Gasteiger partial charge is 0.318 e. The van der Waals surface area contributed by atoms with Crippen LogP contribution in [0.2, 0.25) is 0 Å². The fourth-order valence-electron chi connectivity index (χ4n) is 2.19. The lowest BCUT2D eigenvalue weighted by atomic mass is 10.3. The highest BCUT2D eigenvalue weighted by Crippen LogP contribution is 2.20. The van der Waals surface area contributed by atoms with Crippen molar-refractivity contribution in [1.82, 2.24) is 9.62 Å². The van der Waals surface area contributed by atoms with Crippen LogP contribution in [0.1, 0.15) is 26.2 Å². The van der Waals surface area contributed by atoms with Crippen LogP contribution < -0.4 is 10.1 Å². The molecule has 0 unspecified atom stereocenters. The number of carbonyl (C=O) groups is 2. The number of hydrogen-bond donors (Lipinski definition) is 2. The molecule has 1 amide bonds. The van der Waals surface area contributed by atoms with Crippen LogP contribution in [0.25, 0.3) is 0 Å². The predicted molar refractivity (Wildman–Crippen MR) is 89.8 cm³/mol. The average molecular weight is 370 g/mol. The third-order valence-corrected chi connectivity index (χ3v) is 5.42. The molecule has 0 heterocycles. The van der Waals surface area contributed by atoms with Gasteiger partial charge in [0.1, 0.15) is 12.3 Å². The Hall–Kier alpha value is -2.13. The molecule has 1 aromatic rings. The Morgan fingerprint density at radius 2 is 1.92 bits per heavy atom. The Bertz CT molecular complexity index is 713. The van der Waals surface area contributed by atoms with Crippen molar-refractivity contribution in [2.24, 2.45) is 0 Å². The average Bonchev–Trinajstić information content (AvgIpc) is 3.36. The molecule has 0 radical (unpaired) electrons. The summed E-state index contributed by atoms with van der Waals surface area (Å²) in [4.78, 5) is 22.4. The van der Waals surface area contributed by atoms with Gasteiger partial charge in [-0.2, -0.15) is 4.31 Å². The third-order valence-electron chi connectivity index (χ3n) is 3.56. The fraction of sp³-hybridized carbons (Fsp3) is 0.500. The van der Waals surface area contributed by atoms with E-state index in [-0.39, 0.29) is 30.0 Å². The molecule has 138 valence electrons. The number of benzene rings is 1. The van der Waals surface area contributed by atoms with Crippen molar-refractivity contribution < 1.29 is 27.9 Å². The largest absolute Gasteiger partial charge is 0.484 e. The first-order valence-corrected chi connectivity index (χ1v) is 9.51. The van der Waals surface area contributed by atoms with Crippen LogP contribution in [0.3, 0.4) is 0 Å². The lowest BCUT2D eigenvalue weighted by molar-refractivity contribution is -0.137. The molecule has 25 heavy (non-hydrogen) atoms. The number of hydrogen-bond acceptors (Lipinski definition) is 5. The first-order chi connectivity index (χ1) is 11.8. The minimum atomic E-state index is -3.90. The number of carbonyl (C=O) groups excluding carboxylic acids is 1. The van der Waals surface area contributed by atoms with Gasteiger partial charge in [-0.1, -0.05) is 6.92 Å². The van der Waals surface area contributed by atoms with Gasteiger partial charge in [0.15, 0.2) is 6.61 Å². The molecule has 0 aliphatic heterocycles. The van der Waals surface area contributed by atoms with Crippen molar-refractivity contribution in [3.05, 3.63) is 24.3 Å². The predicted octanol–water partition coefficient (Wildman–Crippen LogP) is 0.829.